The van der Waals surface area contributed by atoms with Crippen LogP contribution in [0.25, 0.3) is 0 Å². The summed E-state index contributed by atoms with van der Waals surface area (Å²) in [4.78, 5) is 18.8. The van der Waals surface area contributed by atoms with Crippen LogP contribution in [-0.4, -0.2) is 16.6 Å². The summed E-state index contributed by atoms with van der Waals surface area (Å²) in [7, 11) is 0. The van der Waals surface area contributed by atoms with Crippen LogP contribution in [0.15, 0.2) is 4.79 Å². The fourth-order valence-electron chi connectivity index (χ4n) is 1.54. The van der Waals surface area contributed by atoms with E-state index in [1.54, 1.807) is 0 Å². The van der Waals surface area contributed by atoms with Crippen molar-refractivity contribution in [2.75, 3.05) is 6.61 Å². The van der Waals surface area contributed by atoms with E-state index >= 15 is 0 Å². The van der Waals surface area contributed by atoms with E-state index in [9.17, 15) is 4.79 Å². The summed E-state index contributed by atoms with van der Waals surface area (Å²) in [6.07, 6.45) is 0.749. The normalized spacial score (nSPS) is 15.6. The van der Waals surface area contributed by atoms with Crippen LogP contribution >= 0.6 is 0 Å². The first-order valence-corrected chi connectivity index (χ1v) is 4.88. The highest BCUT2D eigenvalue weighted by atomic mass is 16.5. The Hall–Kier alpha value is -1.16. The van der Waals surface area contributed by atoms with Gasteiger partial charge < -0.3 is 9.72 Å². The molecule has 0 aliphatic carbocycles. The maximum Gasteiger partial charge on any atom is 0.256 e. The second-order valence-corrected chi connectivity index (χ2v) is 3.83. The summed E-state index contributed by atoms with van der Waals surface area (Å²) >= 11 is 0. The summed E-state index contributed by atoms with van der Waals surface area (Å²) in [6, 6.07) is 0. The van der Waals surface area contributed by atoms with E-state index in [4.69, 9.17) is 4.74 Å². The average molecular weight is 194 g/mol. The van der Waals surface area contributed by atoms with Crippen molar-refractivity contribution in [1.29, 1.82) is 0 Å². The number of rotatable bonds is 1. The maximum absolute atomic E-state index is 11.6. The van der Waals surface area contributed by atoms with Gasteiger partial charge in [-0.3, -0.25) is 4.79 Å². The number of nitrogens with zero attached hydrogens (tertiary/aromatic N) is 1. The van der Waals surface area contributed by atoms with Gasteiger partial charge in [-0.1, -0.05) is 13.8 Å². The third kappa shape index (κ3) is 1.57. The summed E-state index contributed by atoms with van der Waals surface area (Å²) in [6.45, 7) is 5.10. The molecule has 4 heteroatoms. The van der Waals surface area contributed by atoms with E-state index in [-0.39, 0.29) is 11.5 Å². The standard InChI is InChI=1S/C10H14N2O2/c1-6(2)9-11-8-3-4-14-5-7(8)10(13)12-9/h6H,3-5H2,1-2H3,(H,11,12,13). The first-order valence-electron chi connectivity index (χ1n) is 4.88. The van der Waals surface area contributed by atoms with Crippen LogP contribution in [0.2, 0.25) is 0 Å². The smallest absolute Gasteiger partial charge is 0.256 e. The molecule has 4 nitrogen and oxygen atoms in total. The Kier molecular flexibility index (Phi) is 2.37. The molecule has 0 bridgehead atoms. The molecule has 0 saturated heterocycles. The molecule has 0 radical (unpaired) electrons. The number of ether oxygens (including phenoxy) is 1. The molecule has 1 aliphatic rings. The molecule has 0 unspecified atom stereocenters. The van der Waals surface area contributed by atoms with Crippen molar-refractivity contribution < 1.29 is 4.74 Å². The zero-order valence-electron chi connectivity index (χ0n) is 8.46. The van der Waals surface area contributed by atoms with Crippen molar-refractivity contribution in [2.45, 2.75) is 32.8 Å². The van der Waals surface area contributed by atoms with Crippen LogP contribution in [0.1, 0.15) is 36.8 Å². The van der Waals surface area contributed by atoms with Gasteiger partial charge in [-0.15, -0.1) is 0 Å². The number of fused-ring (bicyclic) bond motifs is 1. The lowest BCUT2D eigenvalue weighted by Crippen LogP contribution is -2.25. The number of nitrogens with one attached hydrogen (secondary N) is 1. The predicted molar refractivity (Wildman–Crippen MR) is 52.3 cm³/mol. The summed E-state index contributed by atoms with van der Waals surface area (Å²) in [5.74, 6) is 1.03. The van der Waals surface area contributed by atoms with Crippen LogP contribution in [0.4, 0.5) is 0 Å². The van der Waals surface area contributed by atoms with Crippen molar-refractivity contribution in [1.82, 2.24) is 9.97 Å². The molecular formula is C10H14N2O2. The molecule has 2 rings (SSSR count). The molecule has 14 heavy (non-hydrogen) atoms. The average Bonchev–Trinajstić information content (AvgIpc) is 2.17. The largest absolute Gasteiger partial charge is 0.376 e. The van der Waals surface area contributed by atoms with E-state index in [0.717, 1.165) is 17.9 Å². The van der Waals surface area contributed by atoms with Gasteiger partial charge in [-0.2, -0.15) is 0 Å². The molecule has 0 saturated carbocycles. The second-order valence-electron chi connectivity index (χ2n) is 3.83. The monoisotopic (exact) mass is 194 g/mol. The first kappa shape index (κ1) is 9.40. The zero-order chi connectivity index (χ0) is 10.1. The number of hydrogen-bond donors (Lipinski definition) is 1. The number of hydrogen-bond acceptors (Lipinski definition) is 3. The molecule has 1 aromatic rings. The van der Waals surface area contributed by atoms with E-state index in [2.05, 4.69) is 9.97 Å². The molecule has 76 valence electrons. The Bertz CT molecular complexity index is 396. The fourth-order valence-corrected chi connectivity index (χ4v) is 1.54. The minimum Gasteiger partial charge on any atom is -0.376 e. The quantitative estimate of drug-likeness (QED) is 0.724. The molecule has 0 atom stereocenters. The Morgan fingerprint density at radius 1 is 1.50 bits per heavy atom. The van der Waals surface area contributed by atoms with Crippen LogP contribution in [-0.2, 0) is 17.8 Å². The molecule has 0 fully saturated rings. The van der Waals surface area contributed by atoms with Crippen molar-refractivity contribution >= 4 is 0 Å². The number of H-pyrrole nitrogens is 1. The summed E-state index contributed by atoms with van der Waals surface area (Å²) in [5.41, 5.74) is 1.56. The van der Waals surface area contributed by atoms with Gasteiger partial charge in [0.25, 0.3) is 5.56 Å². The van der Waals surface area contributed by atoms with E-state index < -0.39 is 0 Å². The lowest BCUT2D eigenvalue weighted by molar-refractivity contribution is 0.107. The highest BCUT2D eigenvalue weighted by Crippen LogP contribution is 2.13. The molecule has 1 N–H and O–H groups in total. The van der Waals surface area contributed by atoms with Gasteiger partial charge in [0.1, 0.15) is 5.82 Å². The molecule has 0 spiro atoms. The van der Waals surface area contributed by atoms with Crippen molar-refractivity contribution in [2.24, 2.45) is 0 Å². The van der Waals surface area contributed by atoms with Gasteiger partial charge in [-0.25, -0.2) is 4.98 Å². The van der Waals surface area contributed by atoms with Gasteiger partial charge >= 0.3 is 0 Å². The van der Waals surface area contributed by atoms with Crippen LogP contribution in [0.3, 0.4) is 0 Å². The Morgan fingerprint density at radius 3 is 3.00 bits per heavy atom. The molecule has 0 aromatic carbocycles. The van der Waals surface area contributed by atoms with Crippen molar-refractivity contribution in [3.8, 4) is 0 Å². The predicted octanol–water partition coefficient (Wildman–Crippen LogP) is 0.966. The van der Waals surface area contributed by atoms with Gasteiger partial charge in [0, 0.05) is 12.3 Å². The van der Waals surface area contributed by atoms with E-state index in [1.807, 2.05) is 13.8 Å². The SMILES string of the molecule is CC(C)c1nc2c(c(=O)[nH]1)COCC2. The van der Waals surface area contributed by atoms with Crippen LogP contribution < -0.4 is 5.56 Å². The van der Waals surface area contributed by atoms with Crippen LogP contribution in [0, 0.1) is 0 Å². The van der Waals surface area contributed by atoms with Crippen molar-refractivity contribution in [3.05, 3.63) is 27.4 Å². The van der Waals surface area contributed by atoms with Crippen molar-refractivity contribution in [3.63, 3.8) is 0 Å². The third-order valence-electron chi connectivity index (χ3n) is 2.40. The number of aromatic nitrogens is 2. The Labute approximate surface area is 82.3 Å². The summed E-state index contributed by atoms with van der Waals surface area (Å²) in [5, 5.41) is 0. The molecule has 2 heterocycles. The lowest BCUT2D eigenvalue weighted by atomic mass is 10.1. The highest BCUT2D eigenvalue weighted by Gasteiger charge is 2.16. The van der Waals surface area contributed by atoms with Gasteiger partial charge in [0.15, 0.2) is 0 Å². The summed E-state index contributed by atoms with van der Waals surface area (Å²) < 4.78 is 5.22. The van der Waals surface area contributed by atoms with Gasteiger partial charge in [0.2, 0.25) is 0 Å². The first-order chi connectivity index (χ1) is 6.68. The Morgan fingerprint density at radius 2 is 2.29 bits per heavy atom. The second kappa shape index (κ2) is 3.53. The topological polar surface area (TPSA) is 55.0 Å². The number of aromatic amines is 1. The lowest BCUT2D eigenvalue weighted by Gasteiger charge is -2.16. The third-order valence-corrected chi connectivity index (χ3v) is 2.40. The fraction of sp³-hybridized carbons (Fsp3) is 0.600. The molecule has 1 aromatic heterocycles. The van der Waals surface area contributed by atoms with Gasteiger partial charge in [0.05, 0.1) is 24.5 Å². The molecule has 1 aliphatic heterocycles. The maximum atomic E-state index is 11.6. The van der Waals surface area contributed by atoms with E-state index in [0.29, 0.717) is 18.8 Å². The minimum absolute atomic E-state index is 0.0431. The molecule has 0 amide bonds. The zero-order valence-corrected chi connectivity index (χ0v) is 8.46. The minimum atomic E-state index is -0.0431. The highest BCUT2D eigenvalue weighted by molar-refractivity contribution is 5.19. The van der Waals surface area contributed by atoms with Crippen LogP contribution in [0.5, 0.6) is 0 Å². The van der Waals surface area contributed by atoms with Gasteiger partial charge in [-0.05, 0) is 0 Å². The molecular weight excluding hydrogens is 180 g/mol. The Balaban J connectivity index is 2.52. The van der Waals surface area contributed by atoms with E-state index in [1.165, 1.54) is 0 Å².